The maximum atomic E-state index is 5.36. The lowest BCUT2D eigenvalue weighted by atomic mass is 10.2. The van der Waals surface area contributed by atoms with E-state index in [0.717, 1.165) is 26.2 Å². The molecule has 0 rings (SSSR count). The molecule has 0 saturated carbocycles. The van der Waals surface area contributed by atoms with Gasteiger partial charge in [-0.15, -0.1) is 0 Å². The van der Waals surface area contributed by atoms with Crippen molar-refractivity contribution in [3.8, 4) is 0 Å². The first-order valence-electron chi connectivity index (χ1n) is 5.57. The summed E-state index contributed by atoms with van der Waals surface area (Å²) in [5.41, 5.74) is 0. The highest BCUT2D eigenvalue weighted by Crippen LogP contribution is 1.95. The third-order valence-corrected chi connectivity index (χ3v) is 1.95. The summed E-state index contributed by atoms with van der Waals surface area (Å²) in [5.74, 6) is 0. The van der Waals surface area contributed by atoms with E-state index in [1.54, 1.807) is 7.11 Å². The quantitative estimate of drug-likeness (QED) is 0.549. The molecule has 0 unspecified atom stereocenters. The van der Waals surface area contributed by atoms with Crippen molar-refractivity contribution in [3.63, 3.8) is 0 Å². The zero-order valence-electron chi connectivity index (χ0n) is 9.84. The Morgan fingerprint density at radius 1 is 1.00 bits per heavy atom. The van der Waals surface area contributed by atoms with Crippen LogP contribution in [0.3, 0.4) is 0 Å². The van der Waals surface area contributed by atoms with Gasteiger partial charge in [-0.05, 0) is 25.8 Å². The average Bonchev–Trinajstić information content (AvgIpc) is 2.15. The molecule has 0 heterocycles. The molecular weight excluding hydrogens is 178 g/mol. The lowest BCUT2D eigenvalue weighted by molar-refractivity contribution is 0.0686. The zero-order chi connectivity index (χ0) is 10.6. The van der Waals surface area contributed by atoms with E-state index in [0.29, 0.717) is 12.6 Å². The Kier molecular flexibility index (Phi) is 10.9. The minimum absolute atomic E-state index is 0.605. The molecule has 14 heavy (non-hydrogen) atoms. The molecule has 0 spiro atoms. The van der Waals surface area contributed by atoms with Crippen LogP contribution in [0.4, 0.5) is 0 Å². The van der Waals surface area contributed by atoms with Crippen molar-refractivity contribution in [2.24, 2.45) is 0 Å². The smallest absolute Gasteiger partial charge is 0.0700 e. The van der Waals surface area contributed by atoms with Crippen molar-refractivity contribution in [2.45, 2.75) is 39.2 Å². The highest BCUT2D eigenvalue weighted by atomic mass is 16.5. The first-order chi connectivity index (χ1) is 6.77. The topological polar surface area (TPSA) is 30.5 Å². The van der Waals surface area contributed by atoms with Gasteiger partial charge in [0.05, 0.1) is 13.2 Å². The van der Waals surface area contributed by atoms with E-state index in [4.69, 9.17) is 9.47 Å². The Hall–Kier alpha value is -0.120. The van der Waals surface area contributed by atoms with Crippen LogP contribution in [0.25, 0.3) is 0 Å². The molecule has 3 nitrogen and oxygen atoms in total. The van der Waals surface area contributed by atoms with Gasteiger partial charge in [0.25, 0.3) is 0 Å². The van der Waals surface area contributed by atoms with Crippen molar-refractivity contribution in [2.75, 3.05) is 33.5 Å². The van der Waals surface area contributed by atoms with E-state index in [-0.39, 0.29) is 0 Å². The van der Waals surface area contributed by atoms with Crippen LogP contribution in [-0.2, 0) is 9.47 Å². The minimum atomic E-state index is 0.605. The summed E-state index contributed by atoms with van der Waals surface area (Å²) < 4.78 is 10.2. The Bertz CT molecular complexity index is 107. The van der Waals surface area contributed by atoms with Crippen LogP contribution in [0.5, 0.6) is 0 Å². The molecule has 86 valence electrons. The average molecular weight is 203 g/mol. The van der Waals surface area contributed by atoms with Gasteiger partial charge in [-0.1, -0.05) is 13.8 Å². The molecule has 3 heteroatoms. The molecule has 0 saturated heterocycles. The molecular formula is C11H25NO2. The largest absolute Gasteiger partial charge is 0.382 e. The van der Waals surface area contributed by atoms with Gasteiger partial charge in [-0.3, -0.25) is 0 Å². The number of hydrogen-bond acceptors (Lipinski definition) is 3. The van der Waals surface area contributed by atoms with Gasteiger partial charge in [0.2, 0.25) is 0 Å². The van der Waals surface area contributed by atoms with E-state index in [9.17, 15) is 0 Å². The lowest BCUT2D eigenvalue weighted by Crippen LogP contribution is -2.23. The van der Waals surface area contributed by atoms with Crippen molar-refractivity contribution in [1.29, 1.82) is 0 Å². The van der Waals surface area contributed by atoms with Crippen LogP contribution in [-0.4, -0.2) is 39.5 Å². The molecule has 0 aromatic carbocycles. The summed E-state index contributed by atoms with van der Waals surface area (Å²) >= 11 is 0. The zero-order valence-corrected chi connectivity index (χ0v) is 9.84. The maximum absolute atomic E-state index is 5.36. The Balaban J connectivity index is 2.85. The molecule has 0 fully saturated rings. The number of rotatable bonds is 10. The van der Waals surface area contributed by atoms with Crippen LogP contribution in [0.2, 0.25) is 0 Å². The summed E-state index contributed by atoms with van der Waals surface area (Å²) in [6.07, 6.45) is 3.64. The summed E-state index contributed by atoms with van der Waals surface area (Å²) in [4.78, 5) is 0. The normalized spacial score (nSPS) is 11.1. The summed E-state index contributed by atoms with van der Waals surface area (Å²) in [5, 5.41) is 3.40. The van der Waals surface area contributed by atoms with E-state index in [1.807, 2.05) is 0 Å². The predicted molar refractivity (Wildman–Crippen MR) is 59.7 cm³/mol. The van der Waals surface area contributed by atoms with Gasteiger partial charge in [-0.25, -0.2) is 0 Å². The molecule has 0 atom stereocenters. The molecule has 0 bridgehead atoms. The first-order valence-corrected chi connectivity index (χ1v) is 5.57. The molecule has 0 aliphatic carbocycles. The van der Waals surface area contributed by atoms with Gasteiger partial charge >= 0.3 is 0 Å². The van der Waals surface area contributed by atoms with Crippen LogP contribution >= 0.6 is 0 Å². The van der Waals surface area contributed by atoms with E-state index >= 15 is 0 Å². The Morgan fingerprint density at radius 3 is 2.43 bits per heavy atom. The third kappa shape index (κ3) is 11.9. The molecule has 0 aliphatic rings. The summed E-state index contributed by atoms with van der Waals surface area (Å²) in [7, 11) is 1.70. The molecule has 0 radical (unpaired) electrons. The van der Waals surface area contributed by atoms with Gasteiger partial charge < -0.3 is 14.8 Å². The number of nitrogens with one attached hydrogen (secondary N) is 1. The summed E-state index contributed by atoms with van der Waals surface area (Å²) in [6.45, 7) is 7.76. The molecule has 0 aromatic heterocycles. The van der Waals surface area contributed by atoms with Crippen molar-refractivity contribution >= 4 is 0 Å². The SMILES string of the molecule is COCCOCCCCCNC(C)C. The second-order valence-corrected chi connectivity index (χ2v) is 3.77. The molecule has 0 amide bonds. The highest BCUT2D eigenvalue weighted by molar-refractivity contribution is 4.52. The highest BCUT2D eigenvalue weighted by Gasteiger charge is 1.92. The van der Waals surface area contributed by atoms with E-state index in [2.05, 4.69) is 19.2 Å². The number of methoxy groups -OCH3 is 1. The maximum Gasteiger partial charge on any atom is 0.0700 e. The fraction of sp³-hybridized carbons (Fsp3) is 1.00. The van der Waals surface area contributed by atoms with Gasteiger partial charge in [0, 0.05) is 19.8 Å². The Morgan fingerprint density at radius 2 is 1.79 bits per heavy atom. The first kappa shape index (κ1) is 13.9. The van der Waals surface area contributed by atoms with Crippen LogP contribution in [0.15, 0.2) is 0 Å². The lowest BCUT2D eigenvalue weighted by Gasteiger charge is -2.07. The third-order valence-electron chi connectivity index (χ3n) is 1.95. The van der Waals surface area contributed by atoms with Crippen molar-refractivity contribution < 1.29 is 9.47 Å². The predicted octanol–water partition coefficient (Wildman–Crippen LogP) is 1.82. The van der Waals surface area contributed by atoms with Crippen LogP contribution in [0.1, 0.15) is 33.1 Å². The molecule has 1 N–H and O–H groups in total. The molecule has 0 aliphatic heterocycles. The van der Waals surface area contributed by atoms with Crippen molar-refractivity contribution in [3.05, 3.63) is 0 Å². The number of ether oxygens (including phenoxy) is 2. The molecule has 0 aromatic rings. The number of hydrogen-bond donors (Lipinski definition) is 1. The fourth-order valence-corrected chi connectivity index (χ4v) is 1.14. The van der Waals surface area contributed by atoms with Gasteiger partial charge in [0.1, 0.15) is 0 Å². The van der Waals surface area contributed by atoms with Crippen molar-refractivity contribution in [1.82, 2.24) is 5.32 Å². The Labute approximate surface area is 88.2 Å². The van der Waals surface area contributed by atoms with Gasteiger partial charge in [-0.2, -0.15) is 0 Å². The number of unbranched alkanes of at least 4 members (excludes halogenated alkanes) is 2. The van der Waals surface area contributed by atoms with Crippen LogP contribution in [0, 0.1) is 0 Å². The minimum Gasteiger partial charge on any atom is -0.382 e. The fourth-order valence-electron chi connectivity index (χ4n) is 1.14. The second kappa shape index (κ2) is 11.0. The van der Waals surface area contributed by atoms with E-state index in [1.165, 1.54) is 12.8 Å². The van der Waals surface area contributed by atoms with Gasteiger partial charge in [0.15, 0.2) is 0 Å². The monoisotopic (exact) mass is 203 g/mol. The van der Waals surface area contributed by atoms with E-state index < -0.39 is 0 Å². The summed E-state index contributed by atoms with van der Waals surface area (Å²) in [6, 6.07) is 0.605. The van der Waals surface area contributed by atoms with Crippen LogP contribution < -0.4 is 5.32 Å². The standard InChI is InChI=1S/C11H25NO2/c1-11(2)12-7-5-4-6-8-14-10-9-13-3/h11-12H,4-10H2,1-3H3. The second-order valence-electron chi connectivity index (χ2n) is 3.77.